The molecule has 0 aromatic rings. The van der Waals surface area contributed by atoms with Crippen molar-refractivity contribution in [3.8, 4) is 0 Å². The minimum atomic E-state index is 0.231. The number of fused-ring (bicyclic) bond motifs is 4. The Bertz CT molecular complexity index is 488. The summed E-state index contributed by atoms with van der Waals surface area (Å²) in [7, 11) is 0. The van der Waals surface area contributed by atoms with Crippen LogP contribution in [0.1, 0.15) is 79.6 Å². The molecule has 0 amide bonds. The van der Waals surface area contributed by atoms with E-state index >= 15 is 0 Å². The van der Waals surface area contributed by atoms with Crippen LogP contribution < -0.4 is 0 Å². The van der Waals surface area contributed by atoms with Crippen LogP contribution in [0, 0.1) is 28.1 Å². The van der Waals surface area contributed by atoms with E-state index in [1.54, 1.807) is 0 Å². The molecule has 1 saturated heterocycles. The first kappa shape index (κ1) is 15.9. The molecule has 1 aliphatic heterocycles. The van der Waals surface area contributed by atoms with Gasteiger partial charge < -0.3 is 4.74 Å². The maximum Gasteiger partial charge on any atom is 0.0920 e. The Morgan fingerprint density at radius 1 is 0.864 bits per heavy atom. The van der Waals surface area contributed by atoms with Gasteiger partial charge >= 0.3 is 0 Å². The Morgan fingerprint density at radius 3 is 2.27 bits per heavy atom. The second-order valence-electron chi connectivity index (χ2n) is 10.3. The Kier molecular flexibility index (Phi) is 3.29. The molecule has 7 unspecified atom stereocenters. The lowest BCUT2D eigenvalue weighted by atomic mass is 9.42. The zero-order chi connectivity index (χ0) is 16.0. The van der Waals surface area contributed by atoms with Crippen molar-refractivity contribution in [2.24, 2.45) is 28.1 Å². The molecule has 4 rings (SSSR count). The van der Waals surface area contributed by atoms with Crippen LogP contribution in [0.15, 0.2) is 0 Å². The van der Waals surface area contributed by atoms with Crippen molar-refractivity contribution in [3.63, 3.8) is 0 Å². The highest BCUT2D eigenvalue weighted by atomic mass is 79.9. The molecular formula is C20H33BrO. The normalized spacial score (nSPS) is 59.7. The second-order valence-corrected chi connectivity index (χ2v) is 11.4. The Balaban J connectivity index is 1.70. The van der Waals surface area contributed by atoms with Gasteiger partial charge in [-0.1, -0.05) is 43.6 Å². The van der Waals surface area contributed by atoms with Gasteiger partial charge in [0.05, 0.1) is 11.7 Å². The number of hydrogen-bond acceptors (Lipinski definition) is 1. The lowest BCUT2D eigenvalue weighted by Gasteiger charge is -2.63. The molecular weight excluding hydrogens is 336 g/mol. The van der Waals surface area contributed by atoms with Crippen LogP contribution in [-0.4, -0.2) is 16.5 Å². The first-order chi connectivity index (χ1) is 10.1. The molecule has 4 aliphatic rings. The Labute approximate surface area is 145 Å². The second kappa shape index (κ2) is 4.54. The average Bonchev–Trinajstić information content (AvgIpc) is 3.04. The van der Waals surface area contributed by atoms with E-state index in [4.69, 9.17) is 4.74 Å². The predicted molar refractivity (Wildman–Crippen MR) is 95.3 cm³/mol. The number of hydrogen-bond donors (Lipinski definition) is 0. The quantitative estimate of drug-likeness (QED) is 0.380. The van der Waals surface area contributed by atoms with E-state index in [1.807, 2.05) is 0 Å². The molecule has 3 aliphatic carbocycles. The van der Waals surface area contributed by atoms with Crippen molar-refractivity contribution in [1.29, 1.82) is 0 Å². The SMILES string of the molecule is CC12CCC3C(C)(C)C(Br)CCC3(C)C1CCC1(C)OC1C2. The first-order valence-electron chi connectivity index (χ1n) is 9.44. The van der Waals surface area contributed by atoms with Gasteiger partial charge in [0.2, 0.25) is 0 Å². The van der Waals surface area contributed by atoms with Crippen LogP contribution in [-0.2, 0) is 4.74 Å². The highest BCUT2D eigenvalue weighted by Gasteiger charge is 2.65. The van der Waals surface area contributed by atoms with Gasteiger partial charge in [-0.15, -0.1) is 0 Å². The number of rotatable bonds is 0. The summed E-state index contributed by atoms with van der Waals surface area (Å²) < 4.78 is 6.08. The molecule has 1 nitrogen and oxygen atoms in total. The number of halogens is 1. The van der Waals surface area contributed by atoms with Crippen molar-refractivity contribution in [2.45, 2.75) is 96.1 Å². The molecule has 4 fully saturated rings. The van der Waals surface area contributed by atoms with Crippen LogP contribution in [0.25, 0.3) is 0 Å². The smallest absolute Gasteiger partial charge is 0.0920 e. The summed E-state index contributed by atoms with van der Waals surface area (Å²) >= 11 is 4.02. The van der Waals surface area contributed by atoms with Crippen molar-refractivity contribution in [2.75, 3.05) is 0 Å². The van der Waals surface area contributed by atoms with Crippen LogP contribution in [0.2, 0.25) is 0 Å². The van der Waals surface area contributed by atoms with Gasteiger partial charge in [-0.3, -0.25) is 0 Å². The summed E-state index contributed by atoms with van der Waals surface area (Å²) in [5.41, 5.74) is 1.71. The molecule has 0 aromatic heterocycles. The highest BCUT2D eigenvalue weighted by molar-refractivity contribution is 9.09. The molecule has 0 spiro atoms. The van der Waals surface area contributed by atoms with E-state index in [2.05, 4.69) is 50.5 Å². The fraction of sp³-hybridized carbons (Fsp3) is 1.00. The highest BCUT2D eigenvalue weighted by Crippen LogP contribution is 2.69. The number of ether oxygens (including phenoxy) is 1. The van der Waals surface area contributed by atoms with Gasteiger partial charge in [0, 0.05) is 4.83 Å². The minimum absolute atomic E-state index is 0.231. The van der Waals surface area contributed by atoms with Gasteiger partial charge in [-0.25, -0.2) is 0 Å². The van der Waals surface area contributed by atoms with Crippen molar-refractivity contribution >= 4 is 15.9 Å². The maximum absolute atomic E-state index is 6.08. The average molecular weight is 369 g/mol. The molecule has 7 atom stereocenters. The lowest BCUT2D eigenvalue weighted by Crippen LogP contribution is -2.57. The van der Waals surface area contributed by atoms with E-state index in [1.165, 1.54) is 44.9 Å². The van der Waals surface area contributed by atoms with Crippen molar-refractivity contribution < 1.29 is 4.74 Å². The fourth-order valence-corrected chi connectivity index (χ4v) is 7.71. The molecule has 0 N–H and O–H groups in total. The molecule has 2 heteroatoms. The largest absolute Gasteiger partial charge is 0.366 e. The van der Waals surface area contributed by atoms with Crippen LogP contribution >= 0.6 is 15.9 Å². The molecule has 0 bridgehead atoms. The molecule has 126 valence electrons. The van der Waals surface area contributed by atoms with Crippen molar-refractivity contribution in [3.05, 3.63) is 0 Å². The molecule has 0 radical (unpaired) electrons. The molecule has 3 saturated carbocycles. The summed E-state index contributed by atoms with van der Waals surface area (Å²) in [5, 5.41) is 0. The zero-order valence-electron chi connectivity index (χ0n) is 15.0. The third-order valence-corrected chi connectivity index (χ3v) is 10.3. The van der Waals surface area contributed by atoms with E-state index in [0.29, 0.717) is 27.2 Å². The standard InChI is InChI=1S/C20H33BrO/c1-17(2)13-6-9-18(3)12-16-20(5,22-16)11-7-14(18)19(13,4)10-8-15(17)21/h13-16H,6-12H2,1-5H3. The number of alkyl halides is 1. The Hall–Kier alpha value is 0.440. The summed E-state index contributed by atoms with van der Waals surface area (Å²) in [4.78, 5) is 0.697. The van der Waals surface area contributed by atoms with Gasteiger partial charge in [-0.05, 0) is 80.0 Å². The van der Waals surface area contributed by atoms with E-state index in [0.717, 1.165) is 11.8 Å². The van der Waals surface area contributed by atoms with Crippen LogP contribution in [0.4, 0.5) is 0 Å². The molecule has 22 heavy (non-hydrogen) atoms. The molecule has 0 aromatic carbocycles. The minimum Gasteiger partial charge on any atom is -0.366 e. The van der Waals surface area contributed by atoms with Gasteiger partial charge in [0.25, 0.3) is 0 Å². The monoisotopic (exact) mass is 368 g/mol. The first-order valence-corrected chi connectivity index (χ1v) is 10.4. The van der Waals surface area contributed by atoms with Crippen LogP contribution in [0.5, 0.6) is 0 Å². The van der Waals surface area contributed by atoms with Crippen molar-refractivity contribution in [1.82, 2.24) is 0 Å². The zero-order valence-corrected chi connectivity index (χ0v) is 16.6. The third-order valence-electron chi connectivity index (χ3n) is 8.70. The lowest BCUT2D eigenvalue weighted by molar-refractivity contribution is -0.132. The topological polar surface area (TPSA) is 12.5 Å². The summed E-state index contributed by atoms with van der Waals surface area (Å²) in [6, 6.07) is 0. The summed E-state index contributed by atoms with van der Waals surface area (Å²) in [6.45, 7) is 12.7. The van der Waals surface area contributed by atoms with Gasteiger partial charge in [0.1, 0.15) is 0 Å². The Morgan fingerprint density at radius 2 is 1.55 bits per heavy atom. The van der Waals surface area contributed by atoms with Gasteiger partial charge in [-0.2, -0.15) is 0 Å². The van der Waals surface area contributed by atoms with Gasteiger partial charge in [0.15, 0.2) is 0 Å². The molecule has 1 heterocycles. The maximum atomic E-state index is 6.08. The third kappa shape index (κ3) is 1.98. The summed E-state index contributed by atoms with van der Waals surface area (Å²) in [6.07, 6.45) is 10.2. The van der Waals surface area contributed by atoms with E-state index in [9.17, 15) is 0 Å². The fourth-order valence-electron chi connectivity index (χ4n) is 7.16. The number of epoxide rings is 1. The van der Waals surface area contributed by atoms with Crippen LogP contribution in [0.3, 0.4) is 0 Å². The predicted octanol–water partition coefficient (Wildman–Crippen LogP) is 5.95. The summed E-state index contributed by atoms with van der Waals surface area (Å²) in [5.74, 6) is 1.77. The van der Waals surface area contributed by atoms with E-state index < -0.39 is 0 Å². The van der Waals surface area contributed by atoms with E-state index in [-0.39, 0.29) is 5.60 Å².